The lowest BCUT2D eigenvalue weighted by Crippen LogP contribution is -2.44. The van der Waals surface area contributed by atoms with Crippen LogP contribution in [0.2, 0.25) is 0 Å². The van der Waals surface area contributed by atoms with Gasteiger partial charge in [0, 0.05) is 45.1 Å². The number of amides is 1. The van der Waals surface area contributed by atoms with Gasteiger partial charge in [-0.15, -0.1) is 0 Å². The van der Waals surface area contributed by atoms with Gasteiger partial charge in [0.2, 0.25) is 0 Å². The fourth-order valence-electron chi connectivity index (χ4n) is 3.33. The van der Waals surface area contributed by atoms with E-state index < -0.39 is 5.54 Å². The number of carbonyl (C=O) groups is 1. The van der Waals surface area contributed by atoms with E-state index in [4.69, 9.17) is 4.98 Å². The summed E-state index contributed by atoms with van der Waals surface area (Å²) in [6.07, 6.45) is 3.63. The van der Waals surface area contributed by atoms with Crippen LogP contribution >= 0.6 is 0 Å². The zero-order valence-corrected chi connectivity index (χ0v) is 15.7. The van der Waals surface area contributed by atoms with Crippen molar-refractivity contribution in [3.05, 3.63) is 35.5 Å². The van der Waals surface area contributed by atoms with Crippen LogP contribution in [0.4, 0.5) is 5.82 Å². The highest BCUT2D eigenvalue weighted by atomic mass is 16.2. The molecule has 0 aromatic carbocycles. The van der Waals surface area contributed by atoms with E-state index in [1.54, 1.807) is 10.7 Å². The molecule has 0 aliphatic carbocycles. The summed E-state index contributed by atoms with van der Waals surface area (Å²) in [5.74, 6) is 1.51. The molecular formula is C18H26N6O. The minimum atomic E-state index is -0.510. The number of anilines is 1. The Labute approximate surface area is 148 Å². The summed E-state index contributed by atoms with van der Waals surface area (Å²) in [6.45, 7) is 7.47. The van der Waals surface area contributed by atoms with E-state index in [-0.39, 0.29) is 5.91 Å². The van der Waals surface area contributed by atoms with Gasteiger partial charge in [0.15, 0.2) is 5.82 Å². The third kappa shape index (κ3) is 3.10. The van der Waals surface area contributed by atoms with Gasteiger partial charge in [0.1, 0.15) is 17.1 Å². The summed E-state index contributed by atoms with van der Waals surface area (Å²) in [5.41, 5.74) is 0.879. The quantitative estimate of drug-likeness (QED) is 0.852. The maximum atomic E-state index is 13.1. The van der Waals surface area contributed by atoms with Crippen LogP contribution in [0, 0.1) is 6.92 Å². The Morgan fingerprint density at radius 3 is 2.76 bits per heavy atom. The predicted molar refractivity (Wildman–Crippen MR) is 96.6 cm³/mol. The molecule has 1 atom stereocenters. The lowest BCUT2D eigenvalue weighted by Gasteiger charge is -2.34. The van der Waals surface area contributed by atoms with Crippen LogP contribution < -0.4 is 4.90 Å². The Morgan fingerprint density at radius 1 is 1.36 bits per heavy atom. The number of nitrogens with zero attached hydrogens (tertiary/aromatic N) is 6. The summed E-state index contributed by atoms with van der Waals surface area (Å²) < 4.78 is 1.77. The van der Waals surface area contributed by atoms with E-state index in [0.717, 1.165) is 30.9 Å². The molecule has 25 heavy (non-hydrogen) atoms. The molecular weight excluding hydrogens is 316 g/mol. The minimum absolute atomic E-state index is 0.0521. The normalized spacial score (nSPS) is 20.1. The molecule has 7 heteroatoms. The molecule has 3 rings (SSSR count). The van der Waals surface area contributed by atoms with E-state index in [1.807, 2.05) is 50.0 Å². The predicted octanol–water partition coefficient (Wildman–Crippen LogP) is 2.22. The van der Waals surface area contributed by atoms with E-state index in [9.17, 15) is 4.79 Å². The Balaban J connectivity index is 1.98. The first-order chi connectivity index (χ1) is 11.8. The number of aryl methyl sites for hydroxylation is 2. The second-order valence-electron chi connectivity index (χ2n) is 6.98. The largest absolute Gasteiger partial charge is 0.363 e. The monoisotopic (exact) mass is 342 g/mol. The molecule has 134 valence electrons. The first-order valence-corrected chi connectivity index (χ1v) is 8.74. The number of hydrogen-bond donors (Lipinski definition) is 0. The van der Waals surface area contributed by atoms with Crippen LogP contribution in [0.25, 0.3) is 0 Å². The van der Waals surface area contributed by atoms with Crippen molar-refractivity contribution in [3.63, 3.8) is 0 Å². The maximum Gasteiger partial charge on any atom is 0.275 e. The van der Waals surface area contributed by atoms with Crippen molar-refractivity contribution < 1.29 is 4.79 Å². The fraction of sp³-hybridized carbons (Fsp3) is 0.556. The summed E-state index contributed by atoms with van der Waals surface area (Å²) in [4.78, 5) is 26.3. The average molecular weight is 342 g/mol. The third-order valence-corrected chi connectivity index (χ3v) is 4.85. The van der Waals surface area contributed by atoms with Gasteiger partial charge in [0.25, 0.3) is 5.91 Å². The van der Waals surface area contributed by atoms with Gasteiger partial charge in [-0.1, -0.05) is 0 Å². The van der Waals surface area contributed by atoms with Crippen LogP contribution in [-0.2, 0) is 12.1 Å². The molecule has 0 radical (unpaired) electrons. The van der Waals surface area contributed by atoms with Gasteiger partial charge in [-0.3, -0.25) is 9.48 Å². The number of likely N-dealkylation sites (tertiary alicyclic amines) is 1. The van der Waals surface area contributed by atoms with Gasteiger partial charge >= 0.3 is 0 Å². The standard InChI is InChI=1S/C18H26N6O/c1-6-23-11-8-14(21-23)16(25)24-10-7-9-18(24,3)17-19-13(2)12-15(20-17)22(4)5/h8,11-12H,6-7,9-10H2,1-5H3/t18-/m0/s1. The molecule has 0 spiro atoms. The highest BCUT2D eigenvalue weighted by molar-refractivity contribution is 5.93. The first kappa shape index (κ1) is 17.4. The van der Waals surface area contributed by atoms with E-state index in [0.29, 0.717) is 18.1 Å². The molecule has 2 aromatic heterocycles. The summed E-state index contributed by atoms with van der Waals surface area (Å²) in [6, 6.07) is 3.74. The zero-order valence-electron chi connectivity index (χ0n) is 15.7. The summed E-state index contributed by atoms with van der Waals surface area (Å²) >= 11 is 0. The van der Waals surface area contributed by atoms with Gasteiger partial charge in [-0.25, -0.2) is 9.97 Å². The molecule has 1 aliphatic rings. The molecule has 1 amide bonds. The number of carbonyl (C=O) groups excluding carboxylic acids is 1. The van der Waals surface area contributed by atoms with Crippen molar-refractivity contribution in [3.8, 4) is 0 Å². The van der Waals surface area contributed by atoms with Gasteiger partial charge < -0.3 is 9.80 Å². The lowest BCUT2D eigenvalue weighted by atomic mass is 9.97. The van der Waals surface area contributed by atoms with Crippen LogP contribution in [0.15, 0.2) is 18.3 Å². The molecule has 1 fully saturated rings. The second-order valence-corrected chi connectivity index (χ2v) is 6.98. The lowest BCUT2D eigenvalue weighted by molar-refractivity contribution is 0.0596. The van der Waals surface area contributed by atoms with Crippen molar-refractivity contribution in [1.82, 2.24) is 24.6 Å². The van der Waals surface area contributed by atoms with Crippen LogP contribution in [0.3, 0.4) is 0 Å². The number of rotatable bonds is 4. The Bertz CT molecular complexity index is 784. The van der Waals surface area contributed by atoms with E-state index in [2.05, 4.69) is 17.0 Å². The molecule has 0 unspecified atom stereocenters. The number of hydrogen-bond acceptors (Lipinski definition) is 5. The maximum absolute atomic E-state index is 13.1. The second kappa shape index (κ2) is 6.46. The smallest absolute Gasteiger partial charge is 0.275 e. The SMILES string of the molecule is CCn1ccc(C(=O)N2CCC[C@@]2(C)c2nc(C)cc(N(C)C)n2)n1. The molecule has 2 aromatic rings. The highest BCUT2D eigenvalue weighted by Crippen LogP contribution is 2.38. The molecule has 3 heterocycles. The van der Waals surface area contributed by atoms with E-state index >= 15 is 0 Å². The molecule has 0 saturated carbocycles. The van der Waals surface area contributed by atoms with Crippen molar-refractivity contribution >= 4 is 11.7 Å². The molecule has 0 N–H and O–H groups in total. The van der Waals surface area contributed by atoms with Crippen molar-refractivity contribution in [2.45, 2.75) is 45.7 Å². The Morgan fingerprint density at radius 2 is 2.12 bits per heavy atom. The topological polar surface area (TPSA) is 67.2 Å². The summed E-state index contributed by atoms with van der Waals surface area (Å²) in [7, 11) is 3.92. The van der Waals surface area contributed by atoms with Gasteiger partial charge in [0.05, 0.1) is 0 Å². The molecule has 7 nitrogen and oxygen atoms in total. The Kier molecular flexibility index (Phi) is 4.49. The van der Waals surface area contributed by atoms with Crippen molar-refractivity contribution in [2.24, 2.45) is 0 Å². The summed E-state index contributed by atoms with van der Waals surface area (Å²) in [5, 5.41) is 4.37. The van der Waals surface area contributed by atoms with Crippen LogP contribution in [0.5, 0.6) is 0 Å². The van der Waals surface area contributed by atoms with Crippen molar-refractivity contribution in [2.75, 3.05) is 25.5 Å². The highest BCUT2D eigenvalue weighted by Gasteiger charge is 2.44. The Hall–Kier alpha value is -2.44. The van der Waals surface area contributed by atoms with Crippen LogP contribution in [0.1, 0.15) is 48.7 Å². The van der Waals surface area contributed by atoms with Gasteiger partial charge in [-0.2, -0.15) is 5.10 Å². The number of aromatic nitrogens is 4. The third-order valence-electron chi connectivity index (χ3n) is 4.85. The van der Waals surface area contributed by atoms with E-state index in [1.165, 1.54) is 0 Å². The molecule has 0 bridgehead atoms. The molecule has 1 saturated heterocycles. The van der Waals surface area contributed by atoms with Gasteiger partial charge in [-0.05, 0) is 39.7 Å². The first-order valence-electron chi connectivity index (χ1n) is 8.74. The van der Waals surface area contributed by atoms with Crippen molar-refractivity contribution in [1.29, 1.82) is 0 Å². The average Bonchev–Trinajstić information content (AvgIpc) is 3.21. The van der Waals surface area contributed by atoms with Crippen LogP contribution in [-0.4, -0.2) is 51.2 Å². The fourth-order valence-corrected chi connectivity index (χ4v) is 3.33. The zero-order chi connectivity index (χ0) is 18.2. The molecule has 1 aliphatic heterocycles. The minimum Gasteiger partial charge on any atom is -0.363 e.